The highest BCUT2D eigenvalue weighted by Crippen LogP contribution is 2.01. The van der Waals surface area contributed by atoms with Gasteiger partial charge in [-0.3, -0.25) is 0 Å². The number of aliphatic hydroxyl groups excluding tert-OH is 1. The number of nitrogens with two attached hydrogens (primary N) is 1. The highest BCUT2D eigenvalue weighted by Gasteiger charge is 2.13. The number of nitrogens with one attached hydrogen (secondary N) is 1. The van der Waals surface area contributed by atoms with Gasteiger partial charge in [-0.05, 0) is 12.8 Å². The molecule has 0 aromatic heterocycles. The molecule has 0 bridgehead atoms. The molecule has 2 atom stereocenters. The maximum absolute atomic E-state index is 8.99. The number of hydrogen-bond acceptors (Lipinski definition) is 4. The van der Waals surface area contributed by atoms with Crippen molar-refractivity contribution in [3.63, 3.8) is 0 Å². The van der Waals surface area contributed by atoms with Gasteiger partial charge in [-0.1, -0.05) is 19.0 Å². The Morgan fingerprint density at radius 2 is 1.93 bits per heavy atom. The van der Waals surface area contributed by atoms with Crippen LogP contribution in [0.1, 0.15) is 33.1 Å². The summed E-state index contributed by atoms with van der Waals surface area (Å²) in [5.74, 6) is 0.220. The van der Waals surface area contributed by atoms with E-state index in [0.717, 1.165) is 12.8 Å². The van der Waals surface area contributed by atoms with Crippen LogP contribution in [0.2, 0.25) is 0 Å². The van der Waals surface area contributed by atoms with Gasteiger partial charge in [0.15, 0.2) is 0 Å². The number of aliphatic hydroxyl groups is 1. The molecule has 0 heterocycles. The van der Waals surface area contributed by atoms with Gasteiger partial charge in [0.05, 0.1) is 6.61 Å². The molecule has 0 amide bonds. The minimum absolute atomic E-state index is 0.0893. The zero-order valence-electron chi connectivity index (χ0n) is 8.90. The van der Waals surface area contributed by atoms with Crippen LogP contribution < -0.4 is 11.1 Å². The maximum Gasteiger partial charge on any atom is 0.140 e. The predicted molar refractivity (Wildman–Crippen MR) is 56.4 cm³/mol. The van der Waals surface area contributed by atoms with Crippen LogP contribution in [0.3, 0.4) is 0 Å². The fourth-order valence-corrected chi connectivity index (χ4v) is 1.25. The van der Waals surface area contributed by atoms with Gasteiger partial charge < -0.3 is 21.4 Å². The molecule has 14 heavy (non-hydrogen) atoms. The summed E-state index contributed by atoms with van der Waals surface area (Å²) in [5.41, 5.74) is 5.41. The predicted octanol–water partition coefficient (Wildman–Crippen LogP) is 0.262. The van der Waals surface area contributed by atoms with Crippen molar-refractivity contribution in [3.8, 4) is 0 Å². The number of nitrogens with zero attached hydrogens (tertiary/aromatic N) is 1. The van der Waals surface area contributed by atoms with E-state index >= 15 is 0 Å². The van der Waals surface area contributed by atoms with Crippen LogP contribution >= 0.6 is 0 Å². The summed E-state index contributed by atoms with van der Waals surface area (Å²) < 4.78 is 0. The van der Waals surface area contributed by atoms with E-state index in [9.17, 15) is 0 Å². The van der Waals surface area contributed by atoms with Crippen LogP contribution in [0.15, 0.2) is 5.16 Å². The van der Waals surface area contributed by atoms with Crippen molar-refractivity contribution in [3.05, 3.63) is 0 Å². The molecule has 0 saturated carbocycles. The Morgan fingerprint density at radius 1 is 1.36 bits per heavy atom. The van der Waals surface area contributed by atoms with Crippen molar-refractivity contribution in [2.45, 2.75) is 45.2 Å². The summed E-state index contributed by atoms with van der Waals surface area (Å²) in [5, 5.41) is 23.6. The quantitative estimate of drug-likeness (QED) is 0.207. The van der Waals surface area contributed by atoms with Gasteiger partial charge in [-0.15, -0.1) is 0 Å². The molecule has 0 aliphatic rings. The Morgan fingerprint density at radius 3 is 2.29 bits per heavy atom. The van der Waals surface area contributed by atoms with Gasteiger partial charge in [0.1, 0.15) is 5.84 Å². The second-order valence-electron chi connectivity index (χ2n) is 3.36. The fraction of sp³-hybridized carbons (Fsp3) is 0.889. The van der Waals surface area contributed by atoms with Gasteiger partial charge in [0.2, 0.25) is 0 Å². The summed E-state index contributed by atoms with van der Waals surface area (Å²) in [6.07, 6.45) is 2.25. The Hall–Kier alpha value is -0.810. The first-order valence-electron chi connectivity index (χ1n) is 5.01. The SMILES string of the molecule is CCC(CO)NC(CC)CC(N)=NO. The highest BCUT2D eigenvalue weighted by molar-refractivity contribution is 5.80. The van der Waals surface area contributed by atoms with Crippen molar-refractivity contribution in [1.29, 1.82) is 0 Å². The van der Waals surface area contributed by atoms with Crippen molar-refractivity contribution < 1.29 is 10.3 Å². The molecule has 0 aromatic rings. The Labute approximate surface area is 85.0 Å². The smallest absolute Gasteiger partial charge is 0.140 e. The minimum Gasteiger partial charge on any atom is -0.409 e. The first-order chi connectivity index (χ1) is 6.67. The zero-order valence-corrected chi connectivity index (χ0v) is 8.90. The molecule has 0 rings (SSSR count). The number of oxime groups is 1. The summed E-state index contributed by atoms with van der Waals surface area (Å²) in [6, 6.07) is 0.245. The van der Waals surface area contributed by atoms with E-state index in [2.05, 4.69) is 10.5 Å². The first-order valence-corrected chi connectivity index (χ1v) is 5.01. The van der Waals surface area contributed by atoms with Crippen molar-refractivity contribution in [2.75, 3.05) is 6.61 Å². The molecule has 0 aliphatic carbocycles. The Balaban J connectivity index is 4.01. The number of hydrogen-bond donors (Lipinski definition) is 4. The minimum atomic E-state index is 0.0893. The fourth-order valence-electron chi connectivity index (χ4n) is 1.25. The summed E-state index contributed by atoms with van der Waals surface area (Å²) in [7, 11) is 0. The zero-order chi connectivity index (χ0) is 11.0. The third kappa shape index (κ3) is 5.04. The molecule has 0 spiro atoms. The van der Waals surface area contributed by atoms with E-state index in [-0.39, 0.29) is 24.5 Å². The molecule has 5 heteroatoms. The molecule has 84 valence electrons. The van der Waals surface area contributed by atoms with E-state index in [1.807, 2.05) is 13.8 Å². The van der Waals surface area contributed by atoms with Crippen LogP contribution in [0.25, 0.3) is 0 Å². The van der Waals surface area contributed by atoms with Gasteiger partial charge >= 0.3 is 0 Å². The molecule has 5 N–H and O–H groups in total. The van der Waals surface area contributed by atoms with Gasteiger partial charge in [0.25, 0.3) is 0 Å². The number of amidine groups is 1. The lowest BCUT2D eigenvalue weighted by atomic mass is 10.1. The van der Waals surface area contributed by atoms with Gasteiger partial charge in [-0.25, -0.2) is 0 Å². The molecule has 2 unspecified atom stereocenters. The molecule has 0 radical (unpaired) electrons. The van der Waals surface area contributed by atoms with Crippen molar-refractivity contribution >= 4 is 5.84 Å². The monoisotopic (exact) mass is 203 g/mol. The molecule has 0 aromatic carbocycles. The average molecular weight is 203 g/mol. The molecule has 0 saturated heterocycles. The molecule has 5 nitrogen and oxygen atoms in total. The van der Waals surface area contributed by atoms with Crippen LogP contribution in [0.4, 0.5) is 0 Å². The Bertz CT molecular complexity index is 169. The third-order valence-electron chi connectivity index (χ3n) is 2.26. The van der Waals surface area contributed by atoms with Gasteiger partial charge in [0, 0.05) is 18.5 Å². The van der Waals surface area contributed by atoms with Crippen molar-refractivity contribution in [2.24, 2.45) is 10.9 Å². The summed E-state index contributed by atoms with van der Waals surface area (Å²) in [4.78, 5) is 0. The van der Waals surface area contributed by atoms with Gasteiger partial charge in [-0.2, -0.15) is 0 Å². The summed E-state index contributed by atoms with van der Waals surface area (Å²) in [6.45, 7) is 4.14. The normalized spacial score (nSPS) is 16.6. The number of rotatable bonds is 7. The van der Waals surface area contributed by atoms with Crippen LogP contribution in [-0.4, -0.2) is 34.8 Å². The largest absolute Gasteiger partial charge is 0.409 e. The second-order valence-corrected chi connectivity index (χ2v) is 3.36. The van der Waals surface area contributed by atoms with E-state index in [4.69, 9.17) is 16.0 Å². The van der Waals surface area contributed by atoms with Crippen LogP contribution in [0, 0.1) is 0 Å². The average Bonchev–Trinajstić information content (AvgIpc) is 2.23. The molecular weight excluding hydrogens is 182 g/mol. The molecular formula is C9H21N3O2. The maximum atomic E-state index is 8.99. The van der Waals surface area contributed by atoms with E-state index in [0.29, 0.717) is 6.42 Å². The third-order valence-corrected chi connectivity index (χ3v) is 2.26. The molecule has 0 fully saturated rings. The van der Waals surface area contributed by atoms with Crippen molar-refractivity contribution in [1.82, 2.24) is 5.32 Å². The van der Waals surface area contributed by atoms with Crippen LogP contribution in [-0.2, 0) is 0 Å². The van der Waals surface area contributed by atoms with E-state index < -0.39 is 0 Å². The topological polar surface area (TPSA) is 90.9 Å². The van der Waals surface area contributed by atoms with E-state index in [1.54, 1.807) is 0 Å². The first kappa shape index (κ1) is 13.2. The van der Waals surface area contributed by atoms with Crippen LogP contribution in [0.5, 0.6) is 0 Å². The molecule has 0 aliphatic heterocycles. The highest BCUT2D eigenvalue weighted by atomic mass is 16.4. The lowest BCUT2D eigenvalue weighted by Gasteiger charge is -2.22. The summed E-state index contributed by atoms with van der Waals surface area (Å²) >= 11 is 0. The second kappa shape index (κ2) is 7.58. The lowest BCUT2D eigenvalue weighted by molar-refractivity contribution is 0.226. The standard InChI is InChI=1S/C9H21N3O2/c1-3-7(5-9(10)12-14)11-8(4-2)6-13/h7-8,11,13-14H,3-6H2,1-2H3,(H2,10,12). The Kier molecular flexibility index (Phi) is 7.14. The lowest BCUT2D eigenvalue weighted by Crippen LogP contribution is -2.41. The van der Waals surface area contributed by atoms with E-state index in [1.165, 1.54) is 0 Å².